The quantitative estimate of drug-likeness (QED) is 0.600. The maximum absolute atomic E-state index is 10.6. The molecule has 0 heterocycles. The minimum absolute atomic E-state index is 0.176. The van der Waals surface area contributed by atoms with Gasteiger partial charge in [-0.2, -0.15) is 0 Å². The molecular formula is C9H18O3. The first-order valence-electron chi connectivity index (χ1n) is 4.44. The molecule has 72 valence electrons. The Morgan fingerprint density at radius 3 is 2.58 bits per heavy atom. The summed E-state index contributed by atoms with van der Waals surface area (Å²) in [4.78, 5) is 10.6. The van der Waals surface area contributed by atoms with E-state index in [1.54, 1.807) is 7.11 Å². The van der Waals surface area contributed by atoms with Gasteiger partial charge in [-0.05, 0) is 19.3 Å². The van der Waals surface area contributed by atoms with Crippen LogP contribution in [-0.4, -0.2) is 24.8 Å². The van der Waals surface area contributed by atoms with Crippen LogP contribution in [0, 0.1) is 5.92 Å². The number of carboxylic acid groups (broad SMARTS) is 1. The zero-order chi connectivity index (χ0) is 9.40. The molecule has 1 unspecified atom stereocenters. The number of methoxy groups -OCH3 is 1. The molecule has 0 aliphatic heterocycles. The highest BCUT2D eigenvalue weighted by Gasteiger charge is 2.14. The van der Waals surface area contributed by atoms with Gasteiger partial charge in [0.05, 0.1) is 5.92 Å². The van der Waals surface area contributed by atoms with Crippen molar-refractivity contribution in [3.05, 3.63) is 0 Å². The molecule has 3 heteroatoms. The number of carbonyl (C=O) groups is 1. The Hall–Kier alpha value is -0.570. The van der Waals surface area contributed by atoms with E-state index >= 15 is 0 Å². The topological polar surface area (TPSA) is 46.5 Å². The number of aliphatic carboxylic acids is 1. The molecule has 1 N–H and O–H groups in total. The standard InChI is InChI=1S/C9H18O3/c1-3-5-8(9(10)11)6-4-7-12-2/h8H,3-7H2,1-2H3,(H,10,11). The summed E-state index contributed by atoms with van der Waals surface area (Å²) in [5.74, 6) is -0.849. The van der Waals surface area contributed by atoms with Crippen LogP contribution in [0.4, 0.5) is 0 Å². The third kappa shape index (κ3) is 5.13. The van der Waals surface area contributed by atoms with E-state index in [4.69, 9.17) is 9.84 Å². The molecule has 0 spiro atoms. The fraction of sp³-hybridized carbons (Fsp3) is 0.889. The van der Waals surface area contributed by atoms with Crippen molar-refractivity contribution in [3.8, 4) is 0 Å². The van der Waals surface area contributed by atoms with Crippen molar-refractivity contribution >= 4 is 5.97 Å². The Balaban J connectivity index is 3.56. The van der Waals surface area contributed by atoms with E-state index in [1.807, 2.05) is 6.92 Å². The van der Waals surface area contributed by atoms with Crippen molar-refractivity contribution in [2.75, 3.05) is 13.7 Å². The second-order valence-corrected chi connectivity index (χ2v) is 2.96. The number of ether oxygens (including phenoxy) is 1. The van der Waals surface area contributed by atoms with Crippen molar-refractivity contribution in [3.63, 3.8) is 0 Å². The Morgan fingerprint density at radius 2 is 2.17 bits per heavy atom. The van der Waals surface area contributed by atoms with Crippen LogP contribution >= 0.6 is 0 Å². The summed E-state index contributed by atoms with van der Waals surface area (Å²) in [5, 5.41) is 8.76. The first-order valence-corrected chi connectivity index (χ1v) is 4.44. The molecule has 0 rings (SSSR count). The van der Waals surface area contributed by atoms with Gasteiger partial charge < -0.3 is 9.84 Å². The molecular weight excluding hydrogens is 156 g/mol. The lowest BCUT2D eigenvalue weighted by molar-refractivity contribution is -0.142. The minimum atomic E-state index is -0.673. The van der Waals surface area contributed by atoms with Gasteiger partial charge in [0.15, 0.2) is 0 Å². The van der Waals surface area contributed by atoms with Crippen LogP contribution < -0.4 is 0 Å². The summed E-state index contributed by atoms with van der Waals surface area (Å²) in [7, 11) is 1.63. The lowest BCUT2D eigenvalue weighted by Gasteiger charge is -2.09. The van der Waals surface area contributed by atoms with Crippen LogP contribution in [0.25, 0.3) is 0 Å². The molecule has 12 heavy (non-hydrogen) atoms. The van der Waals surface area contributed by atoms with Gasteiger partial charge in [0.2, 0.25) is 0 Å². The van der Waals surface area contributed by atoms with Gasteiger partial charge in [-0.1, -0.05) is 13.3 Å². The van der Waals surface area contributed by atoms with Gasteiger partial charge >= 0.3 is 5.97 Å². The van der Waals surface area contributed by atoms with Crippen LogP contribution in [0.3, 0.4) is 0 Å². The Kier molecular flexibility index (Phi) is 6.76. The predicted octanol–water partition coefficient (Wildman–Crippen LogP) is 1.91. The maximum atomic E-state index is 10.6. The van der Waals surface area contributed by atoms with Crippen molar-refractivity contribution in [1.29, 1.82) is 0 Å². The normalized spacial score (nSPS) is 12.8. The largest absolute Gasteiger partial charge is 0.481 e. The monoisotopic (exact) mass is 174 g/mol. The van der Waals surface area contributed by atoms with Gasteiger partial charge in [0.1, 0.15) is 0 Å². The second kappa shape index (κ2) is 7.10. The summed E-state index contributed by atoms with van der Waals surface area (Å²) in [6.07, 6.45) is 3.29. The van der Waals surface area contributed by atoms with Crippen LogP contribution in [0.15, 0.2) is 0 Å². The molecule has 0 radical (unpaired) electrons. The SMILES string of the molecule is CCCC(CCCOC)C(=O)O. The first-order chi connectivity index (χ1) is 5.72. The van der Waals surface area contributed by atoms with E-state index in [9.17, 15) is 4.79 Å². The molecule has 0 fully saturated rings. The summed E-state index contributed by atoms with van der Waals surface area (Å²) in [6.45, 7) is 2.67. The summed E-state index contributed by atoms with van der Waals surface area (Å²) < 4.78 is 4.86. The van der Waals surface area contributed by atoms with E-state index in [1.165, 1.54) is 0 Å². The summed E-state index contributed by atoms with van der Waals surface area (Å²) >= 11 is 0. The van der Waals surface area contributed by atoms with Crippen LogP contribution in [0.5, 0.6) is 0 Å². The summed E-state index contributed by atoms with van der Waals surface area (Å²) in [6, 6.07) is 0. The smallest absolute Gasteiger partial charge is 0.306 e. The van der Waals surface area contributed by atoms with Crippen molar-refractivity contribution in [1.82, 2.24) is 0 Å². The molecule has 0 amide bonds. The number of carboxylic acids is 1. The number of rotatable bonds is 7. The molecule has 0 aromatic rings. The van der Waals surface area contributed by atoms with Crippen molar-refractivity contribution < 1.29 is 14.6 Å². The van der Waals surface area contributed by atoms with E-state index < -0.39 is 5.97 Å². The molecule has 3 nitrogen and oxygen atoms in total. The second-order valence-electron chi connectivity index (χ2n) is 2.96. The molecule has 0 saturated heterocycles. The fourth-order valence-corrected chi connectivity index (χ4v) is 1.21. The molecule has 0 aliphatic rings. The Labute approximate surface area is 73.7 Å². The molecule has 1 atom stereocenters. The third-order valence-corrected chi connectivity index (χ3v) is 1.89. The van der Waals surface area contributed by atoms with Crippen molar-refractivity contribution in [2.45, 2.75) is 32.6 Å². The van der Waals surface area contributed by atoms with Gasteiger partial charge in [-0.3, -0.25) is 4.79 Å². The van der Waals surface area contributed by atoms with Gasteiger partial charge in [-0.25, -0.2) is 0 Å². The Bertz CT molecular complexity index is 123. The molecule has 0 saturated carbocycles. The maximum Gasteiger partial charge on any atom is 0.306 e. The van der Waals surface area contributed by atoms with E-state index in [-0.39, 0.29) is 5.92 Å². The van der Waals surface area contributed by atoms with Crippen LogP contribution in [0.1, 0.15) is 32.6 Å². The molecule has 0 aliphatic carbocycles. The summed E-state index contributed by atoms with van der Waals surface area (Å²) in [5.41, 5.74) is 0. The average molecular weight is 174 g/mol. The zero-order valence-electron chi connectivity index (χ0n) is 7.88. The van der Waals surface area contributed by atoms with E-state index in [2.05, 4.69) is 0 Å². The molecule has 0 bridgehead atoms. The average Bonchev–Trinajstić information content (AvgIpc) is 2.03. The highest BCUT2D eigenvalue weighted by Crippen LogP contribution is 2.13. The van der Waals surface area contributed by atoms with E-state index in [0.717, 1.165) is 25.7 Å². The minimum Gasteiger partial charge on any atom is -0.481 e. The highest BCUT2D eigenvalue weighted by atomic mass is 16.5. The van der Waals surface area contributed by atoms with Gasteiger partial charge in [-0.15, -0.1) is 0 Å². The zero-order valence-corrected chi connectivity index (χ0v) is 7.88. The Morgan fingerprint density at radius 1 is 1.50 bits per heavy atom. The number of hydrogen-bond donors (Lipinski definition) is 1. The van der Waals surface area contributed by atoms with Gasteiger partial charge in [0, 0.05) is 13.7 Å². The van der Waals surface area contributed by atoms with E-state index in [0.29, 0.717) is 6.61 Å². The lowest BCUT2D eigenvalue weighted by Crippen LogP contribution is -2.13. The number of hydrogen-bond acceptors (Lipinski definition) is 2. The lowest BCUT2D eigenvalue weighted by atomic mass is 9.98. The van der Waals surface area contributed by atoms with Crippen LogP contribution in [-0.2, 0) is 9.53 Å². The highest BCUT2D eigenvalue weighted by molar-refractivity contribution is 5.69. The predicted molar refractivity (Wildman–Crippen MR) is 47.1 cm³/mol. The first kappa shape index (κ1) is 11.4. The molecule has 0 aromatic carbocycles. The van der Waals surface area contributed by atoms with Crippen LogP contribution in [0.2, 0.25) is 0 Å². The fourth-order valence-electron chi connectivity index (χ4n) is 1.21. The van der Waals surface area contributed by atoms with Gasteiger partial charge in [0.25, 0.3) is 0 Å². The molecule has 0 aromatic heterocycles. The third-order valence-electron chi connectivity index (χ3n) is 1.89. The van der Waals surface area contributed by atoms with Crippen molar-refractivity contribution in [2.24, 2.45) is 5.92 Å².